The van der Waals surface area contributed by atoms with E-state index in [0.29, 0.717) is 22.9 Å². The first kappa shape index (κ1) is 14.5. The number of amides is 1. The molecule has 1 amide bonds. The molecule has 0 aliphatic heterocycles. The number of hydrogen-bond acceptors (Lipinski definition) is 3. The monoisotopic (exact) mass is 290 g/mol. The second-order valence-corrected chi connectivity index (χ2v) is 5.43. The van der Waals surface area contributed by atoms with Crippen molar-refractivity contribution in [1.82, 2.24) is 4.98 Å². The van der Waals surface area contributed by atoms with Crippen molar-refractivity contribution in [2.24, 2.45) is 0 Å². The van der Waals surface area contributed by atoms with Crippen molar-refractivity contribution in [3.8, 4) is 0 Å². The largest absolute Gasteiger partial charge is 0.311 e. The second-order valence-electron chi connectivity index (χ2n) is 4.30. The quantitative estimate of drug-likeness (QED) is 0.855. The lowest BCUT2D eigenvalue weighted by Crippen LogP contribution is -2.13. The Morgan fingerprint density at radius 1 is 1.35 bits per heavy atom. The molecule has 0 spiro atoms. The molecule has 0 saturated heterocycles. The van der Waals surface area contributed by atoms with Crippen LogP contribution in [0.15, 0.2) is 47.5 Å². The lowest BCUT2D eigenvalue weighted by atomic mass is 10.3. The van der Waals surface area contributed by atoms with E-state index >= 15 is 0 Å². The highest BCUT2D eigenvalue weighted by Crippen LogP contribution is 2.21. The van der Waals surface area contributed by atoms with Crippen LogP contribution in [0.25, 0.3) is 0 Å². The van der Waals surface area contributed by atoms with Crippen molar-refractivity contribution >= 4 is 23.5 Å². The molecule has 0 saturated carbocycles. The van der Waals surface area contributed by atoms with Gasteiger partial charge < -0.3 is 5.32 Å². The number of nitrogens with zero attached hydrogens (tertiary/aromatic N) is 1. The molecular formula is C15H15FN2OS. The van der Waals surface area contributed by atoms with Gasteiger partial charge >= 0.3 is 0 Å². The van der Waals surface area contributed by atoms with Gasteiger partial charge in [-0.2, -0.15) is 0 Å². The first-order chi connectivity index (χ1) is 9.65. The number of nitrogens with one attached hydrogen (secondary N) is 1. The van der Waals surface area contributed by atoms with E-state index in [1.165, 1.54) is 17.8 Å². The van der Waals surface area contributed by atoms with Crippen LogP contribution in [0.5, 0.6) is 0 Å². The molecule has 0 aliphatic carbocycles. The molecule has 0 unspecified atom stereocenters. The van der Waals surface area contributed by atoms with E-state index in [4.69, 9.17) is 0 Å². The van der Waals surface area contributed by atoms with Crippen LogP contribution >= 0.6 is 11.8 Å². The van der Waals surface area contributed by atoms with Gasteiger partial charge in [0.15, 0.2) is 0 Å². The van der Waals surface area contributed by atoms with Gasteiger partial charge in [-0.25, -0.2) is 9.37 Å². The minimum atomic E-state index is -0.252. The van der Waals surface area contributed by atoms with E-state index in [2.05, 4.69) is 10.3 Å². The molecule has 1 aromatic carbocycles. The molecule has 1 N–H and O–H groups in total. The average molecular weight is 290 g/mol. The normalized spacial score (nSPS) is 10.3. The van der Waals surface area contributed by atoms with Crippen molar-refractivity contribution in [3.05, 3.63) is 54.0 Å². The van der Waals surface area contributed by atoms with Crippen LogP contribution in [0.4, 0.5) is 10.2 Å². The van der Waals surface area contributed by atoms with E-state index in [0.717, 1.165) is 5.56 Å². The molecule has 20 heavy (non-hydrogen) atoms. The Labute approximate surface area is 121 Å². The molecule has 104 valence electrons. The summed E-state index contributed by atoms with van der Waals surface area (Å²) in [5.74, 6) is 0.703. The number of hydrogen-bond donors (Lipinski definition) is 1. The molecule has 0 bridgehead atoms. The number of aromatic nitrogens is 1. The Morgan fingerprint density at radius 3 is 2.90 bits per heavy atom. The van der Waals surface area contributed by atoms with Crippen LogP contribution in [0.3, 0.4) is 0 Å². The summed E-state index contributed by atoms with van der Waals surface area (Å²) in [6, 6.07) is 10.2. The number of carbonyl (C=O) groups is 1. The van der Waals surface area contributed by atoms with Crippen LogP contribution in [0.1, 0.15) is 12.0 Å². The number of halogens is 1. The summed E-state index contributed by atoms with van der Waals surface area (Å²) in [6.07, 6.45) is 1.97. The predicted molar refractivity (Wildman–Crippen MR) is 79.3 cm³/mol. The highest BCUT2D eigenvalue weighted by molar-refractivity contribution is 7.99. The summed E-state index contributed by atoms with van der Waals surface area (Å²) >= 11 is 1.33. The fourth-order valence-corrected chi connectivity index (χ4v) is 2.51. The number of aryl methyl sites for hydroxylation is 1. The summed E-state index contributed by atoms with van der Waals surface area (Å²) in [5, 5.41) is 2.73. The van der Waals surface area contributed by atoms with Crippen molar-refractivity contribution < 1.29 is 9.18 Å². The molecule has 0 atom stereocenters. The molecule has 1 heterocycles. The maximum absolute atomic E-state index is 13.4. The van der Waals surface area contributed by atoms with Gasteiger partial charge in [-0.15, -0.1) is 11.8 Å². The first-order valence-corrected chi connectivity index (χ1v) is 7.23. The van der Waals surface area contributed by atoms with E-state index < -0.39 is 0 Å². The molecule has 0 fully saturated rings. The number of anilines is 1. The third kappa shape index (κ3) is 4.35. The molecule has 5 heteroatoms. The van der Waals surface area contributed by atoms with E-state index in [9.17, 15) is 9.18 Å². The van der Waals surface area contributed by atoms with Crippen LogP contribution in [-0.4, -0.2) is 16.6 Å². The average Bonchev–Trinajstić information content (AvgIpc) is 2.41. The van der Waals surface area contributed by atoms with Gasteiger partial charge in [0.25, 0.3) is 0 Å². The van der Waals surface area contributed by atoms with E-state index in [1.807, 2.05) is 19.1 Å². The number of thioether (sulfide) groups is 1. The summed E-state index contributed by atoms with van der Waals surface area (Å²) in [6.45, 7) is 1.94. The zero-order valence-electron chi connectivity index (χ0n) is 11.1. The lowest BCUT2D eigenvalue weighted by Gasteiger charge is -2.05. The minimum Gasteiger partial charge on any atom is -0.311 e. The number of carbonyl (C=O) groups excluding carboxylic acids is 1. The molecule has 1 aromatic heterocycles. The van der Waals surface area contributed by atoms with Crippen molar-refractivity contribution in [2.75, 3.05) is 11.1 Å². The van der Waals surface area contributed by atoms with Gasteiger partial charge in [-0.05, 0) is 36.8 Å². The Bertz CT molecular complexity index is 604. The van der Waals surface area contributed by atoms with Gasteiger partial charge in [-0.1, -0.05) is 12.1 Å². The summed E-state index contributed by atoms with van der Waals surface area (Å²) in [5.41, 5.74) is 1.04. The van der Waals surface area contributed by atoms with Gasteiger partial charge in [-0.3, -0.25) is 4.79 Å². The molecule has 2 rings (SSSR count). The number of pyridine rings is 1. The van der Waals surface area contributed by atoms with E-state index in [-0.39, 0.29) is 11.7 Å². The molecule has 0 radical (unpaired) electrons. The Kier molecular flexibility index (Phi) is 5.12. The van der Waals surface area contributed by atoms with Crippen LogP contribution < -0.4 is 5.32 Å². The standard InChI is InChI=1S/C15H15FN2OS/c1-11-6-8-17-14(10-11)18-15(19)7-9-20-13-5-3-2-4-12(13)16/h2-6,8,10H,7,9H2,1H3,(H,17,18,19). The maximum Gasteiger partial charge on any atom is 0.226 e. The smallest absolute Gasteiger partial charge is 0.226 e. The maximum atomic E-state index is 13.4. The van der Waals surface area contributed by atoms with Gasteiger partial charge in [0.05, 0.1) is 0 Å². The van der Waals surface area contributed by atoms with Gasteiger partial charge in [0.2, 0.25) is 5.91 Å². The Morgan fingerprint density at radius 2 is 2.15 bits per heavy atom. The molecule has 0 aliphatic rings. The topological polar surface area (TPSA) is 42.0 Å². The van der Waals surface area contributed by atoms with E-state index in [1.54, 1.807) is 24.4 Å². The Balaban J connectivity index is 1.80. The second kappa shape index (κ2) is 7.05. The number of rotatable bonds is 5. The van der Waals surface area contributed by atoms with Gasteiger partial charge in [0.1, 0.15) is 11.6 Å². The summed E-state index contributed by atoms with van der Waals surface area (Å²) < 4.78 is 13.4. The van der Waals surface area contributed by atoms with Crippen molar-refractivity contribution in [2.45, 2.75) is 18.2 Å². The highest BCUT2D eigenvalue weighted by Gasteiger charge is 2.06. The first-order valence-electron chi connectivity index (χ1n) is 6.25. The summed E-state index contributed by atoms with van der Waals surface area (Å²) in [7, 11) is 0. The lowest BCUT2D eigenvalue weighted by molar-refractivity contribution is -0.115. The van der Waals surface area contributed by atoms with Crippen LogP contribution in [-0.2, 0) is 4.79 Å². The predicted octanol–water partition coefficient (Wildman–Crippen LogP) is 3.65. The highest BCUT2D eigenvalue weighted by atomic mass is 32.2. The molecule has 3 nitrogen and oxygen atoms in total. The van der Waals surface area contributed by atoms with Crippen LogP contribution in [0.2, 0.25) is 0 Å². The number of benzene rings is 1. The zero-order valence-corrected chi connectivity index (χ0v) is 11.9. The summed E-state index contributed by atoms with van der Waals surface area (Å²) in [4.78, 5) is 16.4. The fourth-order valence-electron chi connectivity index (χ4n) is 1.63. The minimum absolute atomic E-state index is 0.119. The van der Waals surface area contributed by atoms with Gasteiger partial charge in [0, 0.05) is 23.3 Å². The zero-order chi connectivity index (χ0) is 14.4. The SMILES string of the molecule is Cc1ccnc(NC(=O)CCSc2ccccc2F)c1. The molecular weight excluding hydrogens is 275 g/mol. The Hall–Kier alpha value is -1.88. The van der Waals surface area contributed by atoms with Crippen molar-refractivity contribution in [1.29, 1.82) is 0 Å². The third-order valence-corrected chi connectivity index (χ3v) is 3.66. The molecule has 2 aromatic rings. The van der Waals surface area contributed by atoms with Crippen LogP contribution in [0, 0.1) is 12.7 Å². The van der Waals surface area contributed by atoms with Crippen molar-refractivity contribution in [3.63, 3.8) is 0 Å². The third-order valence-electron chi connectivity index (χ3n) is 2.61. The fraction of sp³-hybridized carbons (Fsp3) is 0.200.